The van der Waals surface area contributed by atoms with Crippen molar-refractivity contribution >= 4 is 17.3 Å². The van der Waals surface area contributed by atoms with Crippen LogP contribution in [0.1, 0.15) is 31.2 Å². The quantitative estimate of drug-likeness (QED) is 0.694. The van der Waals surface area contributed by atoms with E-state index in [2.05, 4.69) is 57.6 Å². The summed E-state index contributed by atoms with van der Waals surface area (Å²) in [6, 6.07) is 19.0. The summed E-state index contributed by atoms with van der Waals surface area (Å²) < 4.78 is 5.41. The summed E-state index contributed by atoms with van der Waals surface area (Å²) in [6.45, 7) is 6.49. The molecule has 5 heteroatoms. The van der Waals surface area contributed by atoms with Crippen molar-refractivity contribution in [3.63, 3.8) is 0 Å². The number of carbonyl (C=O) groups is 1. The normalized spacial score (nSPS) is 18.1. The average molecular weight is 422 g/mol. The van der Waals surface area contributed by atoms with Crippen molar-refractivity contribution in [3.05, 3.63) is 60.2 Å². The molecule has 31 heavy (non-hydrogen) atoms. The number of likely N-dealkylation sites (tertiary alicyclic amines) is 1. The van der Waals surface area contributed by atoms with Gasteiger partial charge in [-0.1, -0.05) is 30.3 Å². The molecule has 0 atom stereocenters. The van der Waals surface area contributed by atoms with Gasteiger partial charge in [-0.05, 0) is 74.5 Å². The van der Waals surface area contributed by atoms with Gasteiger partial charge in [0.25, 0.3) is 0 Å². The van der Waals surface area contributed by atoms with Gasteiger partial charge in [-0.3, -0.25) is 4.79 Å². The van der Waals surface area contributed by atoms with E-state index in [9.17, 15) is 4.79 Å². The summed E-state index contributed by atoms with van der Waals surface area (Å²) in [6.07, 6.45) is 5.51. The van der Waals surface area contributed by atoms with Crippen LogP contribution in [0.3, 0.4) is 0 Å². The number of ether oxygens (including phenoxy) is 1. The number of benzene rings is 2. The van der Waals surface area contributed by atoms with Crippen LogP contribution in [-0.2, 0) is 16.0 Å². The number of amides is 1. The van der Waals surface area contributed by atoms with Crippen molar-refractivity contribution in [1.29, 1.82) is 0 Å². The minimum Gasteiger partial charge on any atom is -0.378 e. The first-order valence-electron chi connectivity index (χ1n) is 11.8. The van der Waals surface area contributed by atoms with Crippen LogP contribution in [0.15, 0.2) is 54.6 Å². The maximum atomic E-state index is 12.4. The van der Waals surface area contributed by atoms with Crippen LogP contribution in [0.4, 0.5) is 11.4 Å². The summed E-state index contributed by atoms with van der Waals surface area (Å²) in [5, 5.41) is 3.05. The number of hydrogen-bond donors (Lipinski definition) is 1. The van der Waals surface area contributed by atoms with Gasteiger partial charge in [-0.15, -0.1) is 0 Å². The largest absolute Gasteiger partial charge is 0.378 e. The van der Waals surface area contributed by atoms with Gasteiger partial charge in [0.05, 0.1) is 13.2 Å². The molecule has 2 aliphatic rings. The molecule has 5 nitrogen and oxygen atoms in total. The van der Waals surface area contributed by atoms with E-state index >= 15 is 0 Å². The molecule has 2 aromatic carbocycles. The average Bonchev–Trinajstić information content (AvgIpc) is 2.84. The minimum atomic E-state index is 0.102. The third-order valence-electron chi connectivity index (χ3n) is 6.57. The molecule has 2 heterocycles. The molecule has 0 aliphatic carbocycles. The van der Waals surface area contributed by atoms with Gasteiger partial charge in [0.1, 0.15) is 0 Å². The number of anilines is 2. The van der Waals surface area contributed by atoms with Crippen molar-refractivity contribution in [3.8, 4) is 0 Å². The van der Waals surface area contributed by atoms with Crippen molar-refractivity contribution < 1.29 is 9.53 Å². The Morgan fingerprint density at radius 2 is 1.65 bits per heavy atom. The van der Waals surface area contributed by atoms with Crippen LogP contribution in [0.2, 0.25) is 0 Å². The van der Waals surface area contributed by atoms with E-state index < -0.39 is 0 Å². The van der Waals surface area contributed by atoms with Crippen LogP contribution in [0.25, 0.3) is 0 Å². The second-order valence-corrected chi connectivity index (χ2v) is 8.75. The summed E-state index contributed by atoms with van der Waals surface area (Å²) >= 11 is 0. The van der Waals surface area contributed by atoms with Crippen molar-refractivity contribution in [2.24, 2.45) is 5.92 Å². The SMILES string of the molecule is O=C(CCN1CCC(CCc2ccccc2)CC1)Nc1ccc(N2CCOCC2)cc1. The lowest BCUT2D eigenvalue weighted by Crippen LogP contribution is -2.36. The monoisotopic (exact) mass is 421 g/mol. The highest BCUT2D eigenvalue weighted by molar-refractivity contribution is 5.91. The van der Waals surface area contributed by atoms with Crippen molar-refractivity contribution in [1.82, 2.24) is 4.90 Å². The summed E-state index contributed by atoms with van der Waals surface area (Å²) in [4.78, 5) is 17.2. The first-order valence-corrected chi connectivity index (χ1v) is 11.8. The standard InChI is InChI=1S/C26H35N3O2/c30-26(27-24-8-10-25(11-9-24)29-18-20-31-21-19-29)14-17-28-15-12-23(13-16-28)7-6-22-4-2-1-3-5-22/h1-5,8-11,23H,6-7,12-21H2,(H,27,30). The number of nitrogens with one attached hydrogen (secondary N) is 1. The minimum absolute atomic E-state index is 0.102. The maximum Gasteiger partial charge on any atom is 0.225 e. The first kappa shape index (κ1) is 21.8. The fraction of sp³-hybridized carbons (Fsp3) is 0.500. The Morgan fingerprint density at radius 1 is 0.935 bits per heavy atom. The number of nitrogens with zero attached hydrogens (tertiary/aromatic N) is 2. The summed E-state index contributed by atoms with van der Waals surface area (Å²) in [5.74, 6) is 0.917. The number of rotatable bonds is 8. The van der Waals surface area contributed by atoms with E-state index in [1.54, 1.807) is 0 Å². The molecule has 0 unspecified atom stereocenters. The molecule has 0 radical (unpaired) electrons. The first-order chi connectivity index (χ1) is 15.3. The summed E-state index contributed by atoms with van der Waals surface area (Å²) in [5.41, 5.74) is 3.51. The number of morpholine rings is 1. The Morgan fingerprint density at radius 3 is 2.35 bits per heavy atom. The Hall–Kier alpha value is -2.37. The number of aryl methyl sites for hydroxylation is 1. The highest BCUT2D eigenvalue weighted by Crippen LogP contribution is 2.23. The Kier molecular flexibility index (Phi) is 7.97. The number of hydrogen-bond acceptors (Lipinski definition) is 4. The molecule has 0 aromatic heterocycles. The predicted octanol–water partition coefficient (Wildman–Crippen LogP) is 4.20. The Bertz CT molecular complexity index is 795. The summed E-state index contributed by atoms with van der Waals surface area (Å²) in [7, 11) is 0. The second-order valence-electron chi connectivity index (χ2n) is 8.75. The smallest absolute Gasteiger partial charge is 0.225 e. The molecule has 2 saturated heterocycles. The Labute approximate surface area is 186 Å². The molecule has 4 rings (SSSR count). The van der Waals surface area contributed by atoms with Crippen LogP contribution >= 0.6 is 0 Å². The maximum absolute atomic E-state index is 12.4. The third-order valence-corrected chi connectivity index (χ3v) is 6.57. The lowest BCUT2D eigenvalue weighted by atomic mass is 9.90. The van der Waals surface area contributed by atoms with Crippen molar-refractivity contribution in [2.45, 2.75) is 32.1 Å². The van der Waals surface area contributed by atoms with Gasteiger partial charge < -0.3 is 19.9 Å². The van der Waals surface area contributed by atoms with E-state index in [-0.39, 0.29) is 5.91 Å². The molecular weight excluding hydrogens is 386 g/mol. The number of carbonyl (C=O) groups excluding carboxylic acids is 1. The van der Waals surface area contributed by atoms with Crippen LogP contribution in [-0.4, -0.2) is 56.7 Å². The number of piperidine rings is 1. The molecular formula is C26H35N3O2. The fourth-order valence-electron chi connectivity index (χ4n) is 4.57. The zero-order chi connectivity index (χ0) is 21.3. The van der Waals surface area contributed by atoms with Gasteiger partial charge in [0.15, 0.2) is 0 Å². The predicted molar refractivity (Wildman–Crippen MR) is 127 cm³/mol. The molecule has 166 valence electrons. The molecule has 0 bridgehead atoms. The molecule has 1 amide bonds. The third kappa shape index (κ3) is 6.81. The van der Waals surface area contributed by atoms with E-state index in [0.29, 0.717) is 6.42 Å². The van der Waals surface area contributed by atoms with Crippen LogP contribution in [0.5, 0.6) is 0 Å². The zero-order valence-corrected chi connectivity index (χ0v) is 18.5. The highest BCUT2D eigenvalue weighted by atomic mass is 16.5. The molecule has 2 aliphatic heterocycles. The van der Waals surface area contributed by atoms with Gasteiger partial charge in [-0.2, -0.15) is 0 Å². The fourth-order valence-corrected chi connectivity index (χ4v) is 4.57. The zero-order valence-electron chi connectivity index (χ0n) is 18.5. The van der Waals surface area contributed by atoms with Gasteiger partial charge in [-0.25, -0.2) is 0 Å². The van der Waals surface area contributed by atoms with Crippen molar-refractivity contribution in [2.75, 3.05) is 56.2 Å². The topological polar surface area (TPSA) is 44.8 Å². The highest BCUT2D eigenvalue weighted by Gasteiger charge is 2.19. The second kappa shape index (κ2) is 11.3. The van der Waals surface area contributed by atoms with E-state index in [1.807, 2.05) is 12.1 Å². The van der Waals surface area contributed by atoms with Gasteiger partial charge in [0, 0.05) is 37.4 Å². The molecule has 0 saturated carbocycles. The molecule has 1 N–H and O–H groups in total. The lowest BCUT2D eigenvalue weighted by Gasteiger charge is -2.31. The van der Waals surface area contributed by atoms with E-state index in [1.165, 1.54) is 36.9 Å². The van der Waals surface area contributed by atoms with Crippen LogP contribution < -0.4 is 10.2 Å². The van der Waals surface area contributed by atoms with Crippen LogP contribution in [0, 0.1) is 5.92 Å². The molecule has 0 spiro atoms. The molecule has 2 fully saturated rings. The van der Waals surface area contributed by atoms with Gasteiger partial charge >= 0.3 is 0 Å². The van der Waals surface area contributed by atoms with E-state index in [0.717, 1.165) is 57.5 Å². The Balaban J connectivity index is 1.13. The van der Waals surface area contributed by atoms with E-state index in [4.69, 9.17) is 4.74 Å². The lowest BCUT2D eigenvalue weighted by molar-refractivity contribution is -0.116. The molecule has 2 aromatic rings. The van der Waals surface area contributed by atoms with Gasteiger partial charge in [0.2, 0.25) is 5.91 Å².